The molecule has 0 aliphatic carbocycles. The van der Waals surface area contributed by atoms with Gasteiger partial charge >= 0.3 is 24.0 Å². The Bertz CT molecular complexity index is 2510. The third kappa shape index (κ3) is 17.4. The molecular formula is C58H65NO16. The second kappa shape index (κ2) is 29.3. The van der Waals surface area contributed by atoms with E-state index in [1.54, 1.807) is 0 Å². The highest BCUT2D eigenvalue weighted by Crippen LogP contribution is 2.35. The van der Waals surface area contributed by atoms with Crippen molar-refractivity contribution in [1.82, 2.24) is 5.32 Å². The van der Waals surface area contributed by atoms with Crippen molar-refractivity contribution in [2.75, 3.05) is 19.8 Å². The van der Waals surface area contributed by atoms with E-state index in [0.717, 1.165) is 41.7 Å². The zero-order valence-corrected chi connectivity index (χ0v) is 42.3. The number of carbonyl (C=O) groups is 4. The molecule has 0 saturated carbocycles. The maximum Gasteiger partial charge on any atom is 0.407 e. The fraction of sp³-hybridized carbons (Fsp3) is 0.379. The van der Waals surface area contributed by atoms with Crippen LogP contribution in [0.1, 0.15) is 48.6 Å². The molecule has 0 aromatic heterocycles. The van der Waals surface area contributed by atoms with E-state index in [9.17, 15) is 19.2 Å². The standard InChI is InChI=1S/C58H65NO16/c1-5-31-64-58(63)59-49-52(73-41(4)62)51(72-40(3)61)48(38-65-39(2)60)74-56(49)71-37-47(66-32-42-21-11-6-12-22-42)50-53(67-33-43-23-13-7-14-24-43)54(68-34-44-25-15-8-16-26-44)55(69-35-45-27-17-9-18-28-45)57(75-50)70-36-46-29-19-10-20-30-46/h5-30,47-57H,1,31-38H2,2-4H3,(H,59,63)/t47-,48+,49+,50+,51+,52+,53+,54-,55-,56+,57-/m0/s1. The predicted molar refractivity (Wildman–Crippen MR) is 271 cm³/mol. The van der Waals surface area contributed by atoms with Gasteiger partial charge in [0.15, 0.2) is 24.8 Å². The molecule has 2 aliphatic heterocycles. The Labute approximate surface area is 437 Å². The highest BCUT2D eigenvalue weighted by Gasteiger charge is 2.54. The molecule has 5 aromatic carbocycles. The summed E-state index contributed by atoms with van der Waals surface area (Å²) < 4.78 is 77.0. The molecule has 1 N–H and O–H groups in total. The zero-order valence-electron chi connectivity index (χ0n) is 42.3. The van der Waals surface area contributed by atoms with Gasteiger partial charge in [-0.15, -0.1) is 0 Å². The fourth-order valence-corrected chi connectivity index (χ4v) is 8.59. The molecule has 17 heteroatoms. The molecule has 0 radical (unpaired) electrons. The molecule has 0 bridgehead atoms. The lowest BCUT2D eigenvalue weighted by atomic mass is 9.93. The summed E-state index contributed by atoms with van der Waals surface area (Å²) in [6.07, 6.45) is -11.3. The maximum atomic E-state index is 13.4. The first-order chi connectivity index (χ1) is 36.5. The minimum atomic E-state index is -1.52. The zero-order chi connectivity index (χ0) is 52.8. The smallest absolute Gasteiger partial charge is 0.407 e. The SMILES string of the molecule is C=CCOC(=O)N[C@H]1[C@H](OC[C@H](OCc2ccccc2)[C@H]2O[C@H](OCc3ccccc3)[C@@H](OCc3ccccc3)[C@@H](OCc3ccccc3)[C@@H]2OCc2ccccc2)O[C@H](COC(C)=O)[C@@H](OC(C)=O)[C@@H]1OC(C)=O. The summed E-state index contributed by atoms with van der Waals surface area (Å²) in [5.74, 6) is -2.23. The molecule has 17 nitrogen and oxygen atoms in total. The van der Waals surface area contributed by atoms with Crippen LogP contribution in [-0.2, 0) is 104 Å². The third-order valence-corrected chi connectivity index (χ3v) is 12.1. The van der Waals surface area contributed by atoms with Gasteiger partial charge < -0.3 is 62.2 Å². The van der Waals surface area contributed by atoms with E-state index in [1.807, 2.05) is 152 Å². The van der Waals surface area contributed by atoms with E-state index in [4.69, 9.17) is 56.8 Å². The van der Waals surface area contributed by atoms with Gasteiger partial charge in [-0.25, -0.2) is 4.79 Å². The molecule has 5 aromatic rings. The van der Waals surface area contributed by atoms with Crippen molar-refractivity contribution in [2.45, 2.75) is 121 Å². The van der Waals surface area contributed by atoms with Crippen LogP contribution in [0.3, 0.4) is 0 Å². The van der Waals surface area contributed by atoms with Crippen molar-refractivity contribution in [1.29, 1.82) is 0 Å². The number of hydrogen-bond donors (Lipinski definition) is 1. The summed E-state index contributed by atoms with van der Waals surface area (Å²) in [5, 5.41) is 2.68. The van der Waals surface area contributed by atoms with Crippen molar-refractivity contribution >= 4 is 24.0 Å². The molecule has 2 heterocycles. The molecular weight excluding hydrogens is 967 g/mol. The van der Waals surface area contributed by atoms with Crippen LogP contribution in [-0.4, -0.2) is 111 Å². The minimum Gasteiger partial charge on any atom is -0.463 e. The van der Waals surface area contributed by atoms with Gasteiger partial charge in [-0.05, 0) is 27.8 Å². The normalized spacial score (nSPS) is 23.7. The van der Waals surface area contributed by atoms with E-state index < -0.39 is 98.1 Å². The highest BCUT2D eigenvalue weighted by atomic mass is 16.7. The van der Waals surface area contributed by atoms with Crippen LogP contribution in [0.2, 0.25) is 0 Å². The van der Waals surface area contributed by atoms with Gasteiger partial charge in [-0.1, -0.05) is 164 Å². The van der Waals surface area contributed by atoms with Gasteiger partial charge in [0.2, 0.25) is 0 Å². The van der Waals surface area contributed by atoms with Crippen molar-refractivity contribution in [3.63, 3.8) is 0 Å². The highest BCUT2D eigenvalue weighted by molar-refractivity contribution is 5.69. The molecule has 2 fully saturated rings. The first-order valence-electron chi connectivity index (χ1n) is 24.8. The van der Waals surface area contributed by atoms with E-state index in [2.05, 4.69) is 11.9 Å². The molecule has 2 aliphatic rings. The summed E-state index contributed by atoms with van der Waals surface area (Å²) >= 11 is 0. The molecule has 7 rings (SSSR count). The molecule has 11 atom stereocenters. The number of ether oxygens (including phenoxy) is 12. The number of hydrogen-bond acceptors (Lipinski definition) is 16. The van der Waals surface area contributed by atoms with Gasteiger partial charge in [0.1, 0.15) is 55.9 Å². The van der Waals surface area contributed by atoms with Crippen molar-refractivity contribution in [3.05, 3.63) is 192 Å². The number of amides is 1. The van der Waals surface area contributed by atoms with Gasteiger partial charge in [-0.2, -0.15) is 0 Å². The van der Waals surface area contributed by atoms with Crippen LogP contribution in [0.25, 0.3) is 0 Å². The number of rotatable bonds is 26. The molecule has 398 valence electrons. The quantitative estimate of drug-likeness (QED) is 0.0321. The van der Waals surface area contributed by atoms with Crippen LogP contribution >= 0.6 is 0 Å². The second-order valence-electron chi connectivity index (χ2n) is 17.8. The summed E-state index contributed by atoms with van der Waals surface area (Å²) in [5.41, 5.74) is 4.36. The first kappa shape index (κ1) is 55.9. The first-order valence-corrected chi connectivity index (χ1v) is 24.8. The Balaban J connectivity index is 1.32. The lowest BCUT2D eigenvalue weighted by molar-refractivity contribution is -0.345. The summed E-state index contributed by atoms with van der Waals surface area (Å²) in [7, 11) is 0. The Morgan fingerprint density at radius 1 is 0.507 bits per heavy atom. The summed E-state index contributed by atoms with van der Waals surface area (Å²) in [6, 6.07) is 46.8. The predicted octanol–water partition coefficient (Wildman–Crippen LogP) is 7.72. The van der Waals surface area contributed by atoms with Gasteiger partial charge in [0.05, 0.1) is 39.6 Å². The monoisotopic (exact) mass is 1030 g/mol. The van der Waals surface area contributed by atoms with Crippen LogP contribution in [0.4, 0.5) is 4.79 Å². The molecule has 2 saturated heterocycles. The number of alkyl carbamates (subject to hydrolysis) is 1. The number of benzene rings is 5. The molecule has 0 spiro atoms. The topological polar surface area (TPSA) is 191 Å². The fourth-order valence-electron chi connectivity index (χ4n) is 8.59. The molecule has 1 amide bonds. The molecule has 75 heavy (non-hydrogen) atoms. The van der Waals surface area contributed by atoms with Crippen LogP contribution in [0.5, 0.6) is 0 Å². The number of esters is 3. The Kier molecular flexibility index (Phi) is 21.9. The summed E-state index contributed by atoms with van der Waals surface area (Å²) in [4.78, 5) is 51.1. The van der Waals surface area contributed by atoms with Crippen LogP contribution in [0, 0.1) is 0 Å². The lowest BCUT2D eigenvalue weighted by Gasteiger charge is -2.48. The average molecular weight is 1030 g/mol. The van der Waals surface area contributed by atoms with E-state index in [0.29, 0.717) is 0 Å². The van der Waals surface area contributed by atoms with Gasteiger partial charge in [0, 0.05) is 20.8 Å². The average Bonchev–Trinajstić information content (AvgIpc) is 3.42. The van der Waals surface area contributed by atoms with Gasteiger partial charge in [0.25, 0.3) is 0 Å². The minimum absolute atomic E-state index is 0.0555. The van der Waals surface area contributed by atoms with Crippen molar-refractivity contribution in [2.24, 2.45) is 0 Å². The second-order valence-corrected chi connectivity index (χ2v) is 17.8. The van der Waals surface area contributed by atoms with E-state index in [-0.39, 0.29) is 46.2 Å². The van der Waals surface area contributed by atoms with E-state index >= 15 is 0 Å². The molecule has 0 unspecified atom stereocenters. The lowest BCUT2D eigenvalue weighted by Crippen LogP contribution is -2.67. The number of carbonyl (C=O) groups excluding carboxylic acids is 4. The third-order valence-electron chi connectivity index (χ3n) is 12.1. The van der Waals surface area contributed by atoms with Crippen molar-refractivity contribution in [3.8, 4) is 0 Å². The van der Waals surface area contributed by atoms with Crippen LogP contribution < -0.4 is 5.32 Å². The Morgan fingerprint density at radius 2 is 0.960 bits per heavy atom. The Hall–Kier alpha value is -6.80. The maximum absolute atomic E-state index is 13.4. The van der Waals surface area contributed by atoms with Crippen LogP contribution in [0.15, 0.2) is 164 Å². The van der Waals surface area contributed by atoms with E-state index in [1.165, 1.54) is 13.0 Å². The summed E-state index contributed by atoms with van der Waals surface area (Å²) in [6.45, 7) is 6.75. The Morgan fingerprint density at radius 3 is 1.44 bits per heavy atom. The largest absolute Gasteiger partial charge is 0.463 e. The van der Waals surface area contributed by atoms with Crippen molar-refractivity contribution < 1.29 is 76.0 Å². The number of nitrogens with one attached hydrogen (secondary N) is 1. The van der Waals surface area contributed by atoms with Gasteiger partial charge in [-0.3, -0.25) is 14.4 Å².